The van der Waals surface area contributed by atoms with Crippen molar-refractivity contribution in [2.75, 3.05) is 5.75 Å². The molecule has 0 heterocycles. The zero-order chi connectivity index (χ0) is 9.78. The Morgan fingerprint density at radius 1 is 1.50 bits per heavy atom. The fraction of sp³-hybridized carbons (Fsp3) is 0.400. The molecule has 0 aromatic rings. The summed E-state index contributed by atoms with van der Waals surface area (Å²) in [4.78, 5) is 10.4. The third-order valence-electron chi connectivity index (χ3n) is 1.10. The topological polar surface area (TPSA) is 118 Å². The van der Waals surface area contributed by atoms with Crippen LogP contribution in [0.15, 0.2) is 11.8 Å². The molecule has 0 rings (SSSR count). The third-order valence-corrected chi connectivity index (χ3v) is 1.82. The molecule has 0 aliphatic carbocycles. The van der Waals surface area contributed by atoms with E-state index in [1.165, 1.54) is 0 Å². The van der Waals surface area contributed by atoms with Crippen LogP contribution in [0.3, 0.4) is 0 Å². The Balaban J connectivity index is 4.19. The maximum Gasteiger partial charge on any atom is 0.265 e. The van der Waals surface area contributed by atoms with E-state index in [4.69, 9.17) is 15.4 Å². The van der Waals surface area contributed by atoms with Gasteiger partial charge in [-0.25, -0.2) is 0 Å². The van der Waals surface area contributed by atoms with Gasteiger partial charge in [0.05, 0.1) is 17.6 Å². The highest BCUT2D eigenvalue weighted by Crippen LogP contribution is 2.01. The maximum absolute atomic E-state index is 10.4. The zero-order valence-corrected chi connectivity index (χ0v) is 6.91. The number of hydrogen-bond donors (Lipinski definition) is 3. The predicted molar refractivity (Wildman–Crippen MR) is 40.9 cm³/mol. The molecule has 12 heavy (non-hydrogen) atoms. The van der Waals surface area contributed by atoms with Crippen LogP contribution in [0.1, 0.15) is 6.42 Å². The molecule has 0 aromatic heterocycles. The first-order valence-electron chi connectivity index (χ1n) is 2.95. The number of carbonyl (C=O) groups excluding carboxylic acids is 1. The van der Waals surface area contributed by atoms with Gasteiger partial charge in [-0.2, -0.15) is 8.42 Å². The van der Waals surface area contributed by atoms with Crippen LogP contribution in [0.4, 0.5) is 0 Å². The number of primary amides is 1. The standard InChI is InChI=1S/C5H9NO5S/c6-5(8)4(3-7)1-2-12(9,10)11/h3,7H,1-2H2,(H2,6,8)(H,9,10,11). The second-order valence-electron chi connectivity index (χ2n) is 2.05. The van der Waals surface area contributed by atoms with Crippen molar-refractivity contribution in [2.45, 2.75) is 6.42 Å². The lowest BCUT2D eigenvalue weighted by Crippen LogP contribution is -2.17. The number of aliphatic hydroxyl groups excluding tert-OH is 1. The molecule has 0 unspecified atom stereocenters. The highest BCUT2D eigenvalue weighted by molar-refractivity contribution is 7.85. The van der Waals surface area contributed by atoms with Crippen LogP contribution in [0.25, 0.3) is 0 Å². The van der Waals surface area contributed by atoms with E-state index in [1.54, 1.807) is 0 Å². The molecule has 0 bridgehead atoms. The Hall–Kier alpha value is -1.08. The summed E-state index contributed by atoms with van der Waals surface area (Å²) in [6, 6.07) is 0. The Labute approximate surface area is 69.4 Å². The van der Waals surface area contributed by atoms with Crippen LogP contribution < -0.4 is 5.73 Å². The lowest BCUT2D eigenvalue weighted by Gasteiger charge is -1.98. The van der Waals surface area contributed by atoms with Crippen molar-refractivity contribution in [3.8, 4) is 0 Å². The molecule has 0 fully saturated rings. The Kier molecular flexibility index (Phi) is 3.71. The van der Waals surface area contributed by atoms with Crippen LogP contribution in [0.2, 0.25) is 0 Å². The molecule has 0 aliphatic rings. The average molecular weight is 195 g/mol. The monoisotopic (exact) mass is 195 g/mol. The van der Waals surface area contributed by atoms with Crippen molar-refractivity contribution < 1.29 is 22.9 Å². The highest BCUT2D eigenvalue weighted by atomic mass is 32.2. The molecular weight excluding hydrogens is 186 g/mol. The molecule has 0 aliphatic heterocycles. The molecule has 0 atom stereocenters. The number of rotatable bonds is 4. The minimum atomic E-state index is -4.12. The second kappa shape index (κ2) is 4.07. The van der Waals surface area contributed by atoms with Gasteiger partial charge >= 0.3 is 0 Å². The molecule has 1 amide bonds. The minimum absolute atomic E-state index is 0.243. The fourth-order valence-electron chi connectivity index (χ4n) is 0.490. The van der Waals surface area contributed by atoms with Gasteiger partial charge in [0, 0.05) is 0 Å². The lowest BCUT2D eigenvalue weighted by molar-refractivity contribution is -0.114. The largest absolute Gasteiger partial charge is 0.515 e. The number of hydrogen-bond acceptors (Lipinski definition) is 4. The fourth-order valence-corrected chi connectivity index (χ4v) is 0.968. The molecule has 0 saturated heterocycles. The van der Waals surface area contributed by atoms with E-state index in [2.05, 4.69) is 0 Å². The van der Waals surface area contributed by atoms with Gasteiger partial charge in [0.1, 0.15) is 0 Å². The Morgan fingerprint density at radius 2 is 2.00 bits per heavy atom. The average Bonchev–Trinajstić information content (AvgIpc) is 1.85. The minimum Gasteiger partial charge on any atom is -0.515 e. The molecule has 0 radical (unpaired) electrons. The molecular formula is C5H9NO5S. The van der Waals surface area contributed by atoms with Crippen LogP contribution in [-0.2, 0) is 14.9 Å². The second-order valence-corrected chi connectivity index (χ2v) is 3.63. The van der Waals surface area contributed by atoms with E-state index in [-0.39, 0.29) is 12.0 Å². The van der Waals surface area contributed by atoms with Gasteiger partial charge in [-0.15, -0.1) is 0 Å². The van der Waals surface area contributed by atoms with Gasteiger partial charge in [0.25, 0.3) is 10.1 Å². The van der Waals surface area contributed by atoms with E-state index >= 15 is 0 Å². The van der Waals surface area contributed by atoms with E-state index in [9.17, 15) is 13.2 Å². The third kappa shape index (κ3) is 4.69. The summed E-state index contributed by atoms with van der Waals surface area (Å²) in [6.45, 7) is 0. The molecule has 70 valence electrons. The van der Waals surface area contributed by atoms with Crippen LogP contribution >= 0.6 is 0 Å². The van der Waals surface area contributed by atoms with Crippen molar-refractivity contribution in [1.82, 2.24) is 0 Å². The van der Waals surface area contributed by atoms with Crippen molar-refractivity contribution in [1.29, 1.82) is 0 Å². The van der Waals surface area contributed by atoms with Gasteiger partial charge < -0.3 is 10.8 Å². The summed E-state index contributed by atoms with van der Waals surface area (Å²) in [6.07, 6.45) is 0.123. The first kappa shape index (κ1) is 10.9. The van der Waals surface area contributed by atoms with Crippen molar-refractivity contribution >= 4 is 16.0 Å². The normalized spacial score (nSPS) is 12.9. The highest BCUT2D eigenvalue weighted by Gasteiger charge is 2.10. The van der Waals surface area contributed by atoms with E-state index < -0.39 is 21.8 Å². The number of nitrogens with two attached hydrogens (primary N) is 1. The first-order chi connectivity index (χ1) is 5.37. The van der Waals surface area contributed by atoms with E-state index in [0.29, 0.717) is 6.26 Å². The molecule has 0 saturated carbocycles. The molecule has 7 heteroatoms. The van der Waals surface area contributed by atoms with Gasteiger partial charge in [-0.3, -0.25) is 9.35 Å². The summed E-state index contributed by atoms with van der Waals surface area (Å²) in [5.74, 6) is -1.55. The van der Waals surface area contributed by atoms with Crippen molar-refractivity contribution in [3.05, 3.63) is 11.8 Å². The summed E-state index contributed by atoms with van der Waals surface area (Å²) in [5, 5.41) is 8.35. The predicted octanol–water partition coefficient (Wildman–Crippen LogP) is -0.808. The molecule has 0 aromatic carbocycles. The van der Waals surface area contributed by atoms with E-state index in [0.717, 1.165) is 0 Å². The smallest absolute Gasteiger partial charge is 0.265 e. The quantitative estimate of drug-likeness (QED) is 0.308. The van der Waals surface area contributed by atoms with Gasteiger partial charge in [-0.05, 0) is 6.42 Å². The van der Waals surface area contributed by atoms with Gasteiger partial charge in [0.15, 0.2) is 0 Å². The van der Waals surface area contributed by atoms with Gasteiger partial charge in [-0.1, -0.05) is 0 Å². The maximum atomic E-state index is 10.4. The molecule has 4 N–H and O–H groups in total. The summed E-state index contributed by atoms with van der Waals surface area (Å²) in [7, 11) is -4.12. The molecule has 0 spiro atoms. The zero-order valence-electron chi connectivity index (χ0n) is 6.10. The summed E-state index contributed by atoms with van der Waals surface area (Å²) in [5.41, 5.74) is 4.49. The summed E-state index contributed by atoms with van der Waals surface area (Å²) < 4.78 is 28.6. The van der Waals surface area contributed by atoms with Crippen LogP contribution in [0, 0.1) is 0 Å². The van der Waals surface area contributed by atoms with Crippen molar-refractivity contribution in [3.63, 3.8) is 0 Å². The van der Waals surface area contributed by atoms with Gasteiger partial charge in [0.2, 0.25) is 5.91 Å². The SMILES string of the molecule is NC(=O)C(=CO)CCS(=O)(=O)O. The lowest BCUT2D eigenvalue weighted by atomic mass is 10.2. The number of carbonyl (C=O) groups is 1. The number of amides is 1. The summed E-state index contributed by atoms with van der Waals surface area (Å²) >= 11 is 0. The van der Waals surface area contributed by atoms with Crippen LogP contribution in [0.5, 0.6) is 0 Å². The number of aliphatic hydroxyl groups is 1. The van der Waals surface area contributed by atoms with Crippen molar-refractivity contribution in [2.24, 2.45) is 5.73 Å². The van der Waals surface area contributed by atoms with Crippen LogP contribution in [-0.4, -0.2) is 29.7 Å². The molecule has 6 nitrogen and oxygen atoms in total. The Bertz CT molecular complexity index is 291. The van der Waals surface area contributed by atoms with E-state index in [1.807, 2.05) is 0 Å². The first-order valence-corrected chi connectivity index (χ1v) is 4.56. The Morgan fingerprint density at radius 3 is 2.25 bits per heavy atom.